The molecule has 1 heterocycles. The standard InChI is InChI=1S/C14H17NO3/c1-3-4-14(16)15-10(2)11-5-6-12-13(9-11)18-8-7-17-12/h3-6,9-10H,7-8H2,1-2H3,(H,15,16)/b4-3+. The molecule has 18 heavy (non-hydrogen) atoms. The van der Waals surface area contributed by atoms with Gasteiger partial charge in [-0.25, -0.2) is 0 Å². The van der Waals surface area contributed by atoms with Crippen molar-refractivity contribution in [3.63, 3.8) is 0 Å². The van der Waals surface area contributed by atoms with Crippen molar-refractivity contribution in [3.05, 3.63) is 35.9 Å². The minimum Gasteiger partial charge on any atom is -0.486 e. The first-order valence-corrected chi connectivity index (χ1v) is 6.03. The predicted molar refractivity (Wildman–Crippen MR) is 68.8 cm³/mol. The van der Waals surface area contributed by atoms with Gasteiger partial charge in [0.1, 0.15) is 13.2 Å². The zero-order valence-corrected chi connectivity index (χ0v) is 10.6. The first-order chi connectivity index (χ1) is 8.70. The molecule has 0 fully saturated rings. The van der Waals surface area contributed by atoms with Crippen LogP contribution in [0.3, 0.4) is 0 Å². The lowest BCUT2D eigenvalue weighted by molar-refractivity contribution is -0.117. The lowest BCUT2D eigenvalue weighted by Gasteiger charge is -2.20. The van der Waals surface area contributed by atoms with E-state index in [2.05, 4.69) is 5.32 Å². The Balaban J connectivity index is 2.10. The summed E-state index contributed by atoms with van der Waals surface area (Å²) in [5.74, 6) is 1.41. The molecule has 4 nitrogen and oxygen atoms in total. The fourth-order valence-corrected chi connectivity index (χ4v) is 1.83. The fraction of sp³-hybridized carbons (Fsp3) is 0.357. The molecule has 0 spiro atoms. The van der Waals surface area contributed by atoms with Gasteiger partial charge in [0.15, 0.2) is 11.5 Å². The van der Waals surface area contributed by atoms with Crippen molar-refractivity contribution in [1.29, 1.82) is 0 Å². The lowest BCUT2D eigenvalue weighted by atomic mass is 10.1. The molecule has 0 bridgehead atoms. The van der Waals surface area contributed by atoms with Gasteiger partial charge in [0.25, 0.3) is 0 Å². The van der Waals surface area contributed by atoms with E-state index in [1.54, 1.807) is 6.08 Å². The zero-order valence-electron chi connectivity index (χ0n) is 10.6. The van der Waals surface area contributed by atoms with Gasteiger partial charge in [0, 0.05) is 0 Å². The highest BCUT2D eigenvalue weighted by molar-refractivity contribution is 5.87. The number of rotatable bonds is 3. The van der Waals surface area contributed by atoms with Gasteiger partial charge < -0.3 is 14.8 Å². The number of hydrogen-bond acceptors (Lipinski definition) is 3. The molecule has 1 aromatic rings. The van der Waals surface area contributed by atoms with E-state index in [1.165, 1.54) is 6.08 Å². The Morgan fingerprint density at radius 2 is 2.06 bits per heavy atom. The molecule has 1 aliphatic rings. The largest absolute Gasteiger partial charge is 0.486 e. The molecule has 1 N–H and O–H groups in total. The van der Waals surface area contributed by atoms with E-state index in [0.29, 0.717) is 13.2 Å². The maximum Gasteiger partial charge on any atom is 0.244 e. The molecule has 0 aromatic heterocycles. The van der Waals surface area contributed by atoms with Gasteiger partial charge in [-0.15, -0.1) is 0 Å². The highest BCUT2D eigenvalue weighted by Gasteiger charge is 2.14. The second kappa shape index (κ2) is 5.58. The van der Waals surface area contributed by atoms with Crippen molar-refractivity contribution in [1.82, 2.24) is 5.32 Å². The predicted octanol–water partition coefficient (Wildman–Crippen LogP) is 2.21. The molecule has 1 unspecified atom stereocenters. The van der Waals surface area contributed by atoms with E-state index in [-0.39, 0.29) is 11.9 Å². The molecule has 96 valence electrons. The van der Waals surface area contributed by atoms with Gasteiger partial charge in [-0.1, -0.05) is 12.1 Å². The van der Waals surface area contributed by atoms with Crippen molar-refractivity contribution in [2.45, 2.75) is 19.9 Å². The van der Waals surface area contributed by atoms with E-state index in [4.69, 9.17) is 9.47 Å². The van der Waals surface area contributed by atoms with Gasteiger partial charge in [-0.3, -0.25) is 4.79 Å². The smallest absolute Gasteiger partial charge is 0.244 e. The Morgan fingerprint density at radius 3 is 2.78 bits per heavy atom. The van der Waals surface area contributed by atoms with Crippen molar-refractivity contribution < 1.29 is 14.3 Å². The molecule has 0 saturated carbocycles. The van der Waals surface area contributed by atoms with Crippen molar-refractivity contribution in [2.75, 3.05) is 13.2 Å². The summed E-state index contributed by atoms with van der Waals surface area (Å²) in [7, 11) is 0. The van der Waals surface area contributed by atoms with E-state index in [9.17, 15) is 4.79 Å². The molecular weight excluding hydrogens is 230 g/mol. The van der Waals surface area contributed by atoms with Crippen LogP contribution in [0.15, 0.2) is 30.4 Å². The van der Waals surface area contributed by atoms with Crippen LogP contribution in [-0.2, 0) is 4.79 Å². The van der Waals surface area contributed by atoms with E-state index in [1.807, 2.05) is 32.0 Å². The number of fused-ring (bicyclic) bond motifs is 1. The molecule has 1 atom stereocenters. The number of benzene rings is 1. The molecule has 0 aliphatic carbocycles. The maximum absolute atomic E-state index is 11.5. The third kappa shape index (κ3) is 2.83. The number of carbonyl (C=O) groups is 1. The maximum atomic E-state index is 11.5. The molecule has 2 rings (SSSR count). The first-order valence-electron chi connectivity index (χ1n) is 6.03. The van der Waals surface area contributed by atoms with Crippen molar-refractivity contribution in [3.8, 4) is 11.5 Å². The van der Waals surface area contributed by atoms with Crippen LogP contribution < -0.4 is 14.8 Å². The Labute approximate surface area is 107 Å². The fourth-order valence-electron chi connectivity index (χ4n) is 1.83. The third-order valence-corrected chi connectivity index (χ3v) is 2.74. The second-order valence-corrected chi connectivity index (χ2v) is 4.13. The molecule has 0 saturated heterocycles. The minimum absolute atomic E-state index is 0.0653. The third-order valence-electron chi connectivity index (χ3n) is 2.74. The second-order valence-electron chi connectivity index (χ2n) is 4.13. The van der Waals surface area contributed by atoms with Crippen LogP contribution in [0.1, 0.15) is 25.5 Å². The average molecular weight is 247 g/mol. The summed E-state index contributed by atoms with van der Waals surface area (Å²) in [4.78, 5) is 11.5. The highest BCUT2D eigenvalue weighted by Crippen LogP contribution is 2.32. The molecule has 1 aromatic carbocycles. The summed E-state index contributed by atoms with van der Waals surface area (Å²) in [6, 6.07) is 5.66. The Hall–Kier alpha value is -1.97. The van der Waals surface area contributed by atoms with Crippen LogP contribution in [0.2, 0.25) is 0 Å². The number of nitrogens with one attached hydrogen (secondary N) is 1. The summed E-state index contributed by atoms with van der Waals surface area (Å²) in [6.45, 7) is 4.90. The lowest BCUT2D eigenvalue weighted by Crippen LogP contribution is -2.25. The topological polar surface area (TPSA) is 47.6 Å². The van der Waals surface area contributed by atoms with Gasteiger partial charge in [0.05, 0.1) is 6.04 Å². The molecular formula is C14H17NO3. The Bertz CT molecular complexity index is 468. The van der Waals surface area contributed by atoms with Crippen LogP contribution in [0.5, 0.6) is 11.5 Å². The minimum atomic E-state index is -0.0973. The summed E-state index contributed by atoms with van der Waals surface area (Å²) in [5, 5.41) is 2.88. The summed E-state index contributed by atoms with van der Waals surface area (Å²) in [6.07, 6.45) is 3.22. The monoisotopic (exact) mass is 247 g/mol. The average Bonchev–Trinajstić information content (AvgIpc) is 2.38. The van der Waals surface area contributed by atoms with Gasteiger partial charge in [0.2, 0.25) is 5.91 Å². The summed E-state index contributed by atoms with van der Waals surface area (Å²) < 4.78 is 11.0. The van der Waals surface area contributed by atoms with Crippen molar-refractivity contribution >= 4 is 5.91 Å². The number of amides is 1. The van der Waals surface area contributed by atoms with Gasteiger partial charge >= 0.3 is 0 Å². The van der Waals surface area contributed by atoms with Crippen LogP contribution >= 0.6 is 0 Å². The number of ether oxygens (including phenoxy) is 2. The number of hydrogen-bond donors (Lipinski definition) is 1. The van der Waals surface area contributed by atoms with Crippen LogP contribution in [0.4, 0.5) is 0 Å². The summed E-state index contributed by atoms with van der Waals surface area (Å²) in [5.41, 5.74) is 0.997. The quantitative estimate of drug-likeness (QED) is 0.833. The van der Waals surface area contributed by atoms with Gasteiger partial charge in [-0.05, 0) is 37.6 Å². The summed E-state index contributed by atoms with van der Waals surface area (Å²) >= 11 is 0. The Morgan fingerprint density at radius 1 is 1.33 bits per heavy atom. The first kappa shape index (κ1) is 12.5. The number of allylic oxidation sites excluding steroid dienone is 1. The molecule has 4 heteroatoms. The van der Waals surface area contributed by atoms with Crippen LogP contribution in [-0.4, -0.2) is 19.1 Å². The van der Waals surface area contributed by atoms with Crippen LogP contribution in [0, 0.1) is 0 Å². The number of carbonyl (C=O) groups excluding carboxylic acids is 1. The Kier molecular flexibility index (Phi) is 3.87. The van der Waals surface area contributed by atoms with E-state index < -0.39 is 0 Å². The molecule has 0 radical (unpaired) electrons. The molecule has 1 aliphatic heterocycles. The SMILES string of the molecule is C/C=C/C(=O)NC(C)c1ccc2c(c1)OCCO2. The normalized spacial score (nSPS) is 15.4. The van der Waals surface area contributed by atoms with E-state index in [0.717, 1.165) is 17.1 Å². The highest BCUT2D eigenvalue weighted by atomic mass is 16.6. The van der Waals surface area contributed by atoms with Crippen LogP contribution in [0.25, 0.3) is 0 Å². The van der Waals surface area contributed by atoms with Crippen molar-refractivity contribution in [2.24, 2.45) is 0 Å². The zero-order chi connectivity index (χ0) is 13.0. The van der Waals surface area contributed by atoms with Gasteiger partial charge in [-0.2, -0.15) is 0 Å². The molecule has 1 amide bonds. The van der Waals surface area contributed by atoms with E-state index >= 15 is 0 Å².